The molecule has 180 valence electrons. The number of ether oxygens (including phenoxy) is 2. The Morgan fingerprint density at radius 3 is 2.24 bits per heavy atom. The third-order valence-electron chi connectivity index (χ3n) is 5.04. The molecule has 2 N–H and O–H groups in total. The molecule has 0 radical (unpaired) electrons. The molecule has 9 heteroatoms. The molecule has 0 spiro atoms. The van der Waals surface area contributed by atoms with Crippen LogP contribution in [0.4, 0.5) is 0 Å². The Morgan fingerprint density at radius 2 is 1.65 bits per heavy atom. The van der Waals surface area contributed by atoms with E-state index in [1.54, 1.807) is 50.2 Å². The lowest BCUT2D eigenvalue weighted by molar-refractivity contribution is 0.0169. The maximum Gasteiger partial charge on any atom is 0.338 e. The number of carbonyl (C=O) groups excluding carboxylic acids is 1. The van der Waals surface area contributed by atoms with Gasteiger partial charge in [0.1, 0.15) is 18.1 Å². The van der Waals surface area contributed by atoms with E-state index in [1.165, 1.54) is 36.4 Å². The molecule has 0 bridgehead atoms. The Morgan fingerprint density at radius 1 is 1.03 bits per heavy atom. The molecule has 0 saturated heterocycles. The van der Waals surface area contributed by atoms with Gasteiger partial charge in [-0.3, -0.25) is 5.32 Å². The van der Waals surface area contributed by atoms with Crippen molar-refractivity contribution in [3.8, 4) is 5.75 Å². The molecule has 0 aliphatic rings. The number of carbonyl (C=O) groups is 1. The number of hydrogen-bond donors (Lipinski definition) is 2. The van der Waals surface area contributed by atoms with Crippen LogP contribution < -0.4 is 10.1 Å². The highest BCUT2D eigenvalue weighted by Crippen LogP contribution is 2.24. The number of hydrogen-bond acceptors (Lipinski definition) is 7. The van der Waals surface area contributed by atoms with E-state index in [0.29, 0.717) is 22.9 Å². The maximum absolute atomic E-state index is 12.9. The van der Waals surface area contributed by atoms with Gasteiger partial charge in [0, 0.05) is 11.6 Å². The SMILES string of the molecule is CCOC(=O)c1ccc(S(=O)(=O)c2ccc(OCCN[C@@](C)(O)c3cccc(Cl)c3)cc2)cc1. The molecule has 3 aromatic carbocycles. The monoisotopic (exact) mass is 503 g/mol. The molecular weight excluding hydrogens is 478 g/mol. The van der Waals surface area contributed by atoms with Gasteiger partial charge in [0.25, 0.3) is 0 Å². The Hall–Kier alpha value is -2.91. The zero-order valence-corrected chi connectivity index (χ0v) is 20.4. The normalized spacial score (nSPS) is 13.2. The number of sulfone groups is 1. The summed E-state index contributed by atoms with van der Waals surface area (Å²) in [6, 6.07) is 18.6. The van der Waals surface area contributed by atoms with E-state index >= 15 is 0 Å². The van der Waals surface area contributed by atoms with Crippen LogP contribution >= 0.6 is 11.6 Å². The number of nitrogens with one attached hydrogen (secondary N) is 1. The second kappa shape index (κ2) is 11.0. The molecule has 0 amide bonds. The fourth-order valence-electron chi connectivity index (χ4n) is 3.19. The van der Waals surface area contributed by atoms with Crippen LogP contribution in [-0.2, 0) is 20.3 Å². The fourth-order valence-corrected chi connectivity index (χ4v) is 4.64. The average Bonchev–Trinajstić information content (AvgIpc) is 2.82. The highest BCUT2D eigenvalue weighted by molar-refractivity contribution is 7.91. The summed E-state index contributed by atoms with van der Waals surface area (Å²) in [5.74, 6) is -0.0164. The van der Waals surface area contributed by atoms with Crippen LogP contribution in [0.2, 0.25) is 5.02 Å². The van der Waals surface area contributed by atoms with Gasteiger partial charge in [0.05, 0.1) is 22.0 Å². The van der Waals surface area contributed by atoms with Crippen molar-refractivity contribution in [3.05, 3.63) is 88.9 Å². The zero-order valence-electron chi connectivity index (χ0n) is 18.8. The molecule has 3 aromatic rings. The standard InChI is InChI=1S/C25H26ClNO6S/c1-3-32-24(28)18-7-11-22(12-8-18)34(30,31)23-13-9-21(10-14-23)33-16-15-27-25(2,29)19-5-4-6-20(26)17-19/h4-14,17,27,29H,3,15-16H2,1-2H3/t25-/m0/s1. The Kier molecular flexibility index (Phi) is 8.33. The Bertz CT molecular complexity index is 1230. The predicted molar refractivity (Wildman–Crippen MR) is 129 cm³/mol. The summed E-state index contributed by atoms with van der Waals surface area (Å²) in [5.41, 5.74) is -0.369. The minimum atomic E-state index is -3.75. The molecule has 1 atom stereocenters. The summed E-state index contributed by atoms with van der Waals surface area (Å²) >= 11 is 5.98. The van der Waals surface area contributed by atoms with Crippen LogP contribution in [0, 0.1) is 0 Å². The van der Waals surface area contributed by atoms with Crippen LogP contribution in [0.5, 0.6) is 5.75 Å². The van der Waals surface area contributed by atoms with Crippen LogP contribution in [0.3, 0.4) is 0 Å². The highest BCUT2D eigenvalue weighted by Gasteiger charge is 2.22. The number of benzene rings is 3. The van der Waals surface area contributed by atoms with E-state index in [0.717, 1.165) is 0 Å². The Balaban J connectivity index is 1.57. The van der Waals surface area contributed by atoms with Crippen molar-refractivity contribution in [2.45, 2.75) is 29.4 Å². The van der Waals surface area contributed by atoms with Gasteiger partial charge < -0.3 is 14.6 Å². The molecule has 0 fully saturated rings. The first kappa shape index (κ1) is 25.7. The maximum atomic E-state index is 12.9. The highest BCUT2D eigenvalue weighted by atomic mass is 35.5. The van der Waals surface area contributed by atoms with Gasteiger partial charge in [-0.2, -0.15) is 0 Å². The molecule has 0 aliphatic carbocycles. The molecule has 7 nitrogen and oxygen atoms in total. The molecule has 0 unspecified atom stereocenters. The van der Waals surface area contributed by atoms with Crippen molar-refractivity contribution < 1.29 is 27.8 Å². The molecule has 0 aromatic heterocycles. The second-order valence-electron chi connectivity index (χ2n) is 7.58. The molecule has 0 aliphatic heterocycles. The van der Waals surface area contributed by atoms with Gasteiger partial charge in [-0.25, -0.2) is 13.2 Å². The quantitative estimate of drug-likeness (QED) is 0.243. The summed E-state index contributed by atoms with van der Waals surface area (Å²) in [7, 11) is -3.75. The smallest absolute Gasteiger partial charge is 0.338 e. The van der Waals surface area contributed by atoms with Crippen molar-refractivity contribution in [1.29, 1.82) is 0 Å². The largest absolute Gasteiger partial charge is 0.492 e. The van der Waals surface area contributed by atoms with Gasteiger partial charge in [-0.05, 0) is 80.1 Å². The third-order valence-corrected chi connectivity index (χ3v) is 7.06. The van der Waals surface area contributed by atoms with Gasteiger partial charge in [-0.15, -0.1) is 0 Å². The first-order valence-corrected chi connectivity index (χ1v) is 12.5. The van der Waals surface area contributed by atoms with E-state index in [-0.39, 0.29) is 28.6 Å². The minimum Gasteiger partial charge on any atom is -0.492 e. The summed E-state index contributed by atoms with van der Waals surface area (Å²) in [5, 5.41) is 14.1. The minimum absolute atomic E-state index is 0.0710. The van der Waals surface area contributed by atoms with E-state index < -0.39 is 21.5 Å². The van der Waals surface area contributed by atoms with Crippen LogP contribution in [0.1, 0.15) is 29.8 Å². The number of aliphatic hydroxyl groups is 1. The van der Waals surface area contributed by atoms with Crippen molar-refractivity contribution in [2.75, 3.05) is 19.8 Å². The van der Waals surface area contributed by atoms with Crippen molar-refractivity contribution in [2.24, 2.45) is 0 Å². The van der Waals surface area contributed by atoms with E-state index in [2.05, 4.69) is 5.32 Å². The lowest BCUT2D eigenvalue weighted by atomic mass is 10.1. The van der Waals surface area contributed by atoms with E-state index in [4.69, 9.17) is 21.1 Å². The van der Waals surface area contributed by atoms with Crippen LogP contribution in [0.25, 0.3) is 0 Å². The summed E-state index contributed by atoms with van der Waals surface area (Å²) in [4.78, 5) is 11.9. The average molecular weight is 504 g/mol. The van der Waals surface area contributed by atoms with E-state index in [1.807, 2.05) is 0 Å². The topological polar surface area (TPSA) is 102 Å². The third kappa shape index (κ3) is 6.36. The number of rotatable bonds is 10. The molecule has 0 heterocycles. The molecule has 34 heavy (non-hydrogen) atoms. The van der Waals surface area contributed by atoms with Gasteiger partial charge in [0.15, 0.2) is 0 Å². The summed E-state index contributed by atoms with van der Waals surface area (Å²) < 4.78 is 36.3. The van der Waals surface area contributed by atoms with Gasteiger partial charge >= 0.3 is 5.97 Å². The van der Waals surface area contributed by atoms with Crippen molar-refractivity contribution in [3.63, 3.8) is 0 Å². The summed E-state index contributed by atoms with van der Waals surface area (Å²) in [6.07, 6.45) is 0. The van der Waals surface area contributed by atoms with Crippen molar-refractivity contribution >= 4 is 27.4 Å². The lowest BCUT2D eigenvalue weighted by Crippen LogP contribution is -2.41. The van der Waals surface area contributed by atoms with Crippen molar-refractivity contribution in [1.82, 2.24) is 5.32 Å². The molecular formula is C25H26ClNO6S. The first-order chi connectivity index (χ1) is 16.1. The van der Waals surface area contributed by atoms with Crippen LogP contribution in [0.15, 0.2) is 82.6 Å². The fraction of sp³-hybridized carbons (Fsp3) is 0.240. The zero-order chi connectivity index (χ0) is 24.8. The van der Waals surface area contributed by atoms with Gasteiger partial charge in [0.2, 0.25) is 9.84 Å². The first-order valence-electron chi connectivity index (χ1n) is 10.6. The Labute approximate surface area is 204 Å². The molecule has 0 saturated carbocycles. The number of halogens is 1. The molecule has 3 rings (SSSR count). The second-order valence-corrected chi connectivity index (χ2v) is 9.96. The van der Waals surface area contributed by atoms with E-state index in [9.17, 15) is 18.3 Å². The van der Waals surface area contributed by atoms with Gasteiger partial charge in [-0.1, -0.05) is 23.7 Å². The predicted octanol–water partition coefficient (Wildman–Crippen LogP) is 4.18. The number of esters is 1. The summed E-state index contributed by atoms with van der Waals surface area (Å²) in [6.45, 7) is 4.15. The lowest BCUT2D eigenvalue weighted by Gasteiger charge is -2.25. The van der Waals surface area contributed by atoms with Crippen LogP contribution in [-0.4, -0.2) is 39.3 Å².